The van der Waals surface area contributed by atoms with Crippen LogP contribution in [0.1, 0.15) is 187 Å². The highest BCUT2D eigenvalue weighted by atomic mass is 16.5. The number of benzene rings is 11. The third-order valence-electron chi connectivity index (χ3n) is 20.4. The van der Waals surface area contributed by atoms with Crippen LogP contribution < -0.4 is 39.1 Å². The van der Waals surface area contributed by atoms with Gasteiger partial charge in [0.05, 0.1) is 22.3 Å². The first-order valence-corrected chi connectivity index (χ1v) is 37.6. The Labute approximate surface area is 652 Å². The number of esters is 2. The number of fused-ring (bicyclic) bond motifs is 2. The summed E-state index contributed by atoms with van der Waals surface area (Å²) < 4.78 is 40.1. The van der Waals surface area contributed by atoms with Gasteiger partial charge in [0.1, 0.15) is 69.6 Å². The Bertz CT molecular complexity index is 5040. The van der Waals surface area contributed by atoms with E-state index in [1.165, 1.54) is 48.5 Å². The minimum absolute atomic E-state index is 0.0109. The monoisotopic (exact) mass is 1500 g/mol. The maximum absolute atomic E-state index is 16.6. The van der Waals surface area contributed by atoms with Crippen LogP contribution in [0.15, 0.2) is 195 Å². The second-order valence-electron chi connectivity index (χ2n) is 33.7. The molecule has 11 aromatic rings. The molecule has 0 aromatic heterocycles. The fourth-order valence-corrected chi connectivity index (χ4v) is 14.6. The molecular formula is C94H92N4O14. The van der Waals surface area contributed by atoms with Crippen molar-refractivity contribution in [2.45, 2.75) is 157 Å². The molecule has 0 bridgehead atoms. The third-order valence-corrected chi connectivity index (χ3v) is 20.4. The number of hydrogen-bond acceptors (Lipinski definition) is 14. The molecule has 112 heavy (non-hydrogen) atoms. The normalized spacial score (nSPS) is 13.8. The van der Waals surface area contributed by atoms with Crippen LogP contribution in [0.5, 0.6) is 57.5 Å². The minimum Gasteiger partial charge on any atom is -0.457 e. The van der Waals surface area contributed by atoms with Crippen molar-refractivity contribution in [2.75, 3.05) is 10.6 Å². The predicted octanol–water partition coefficient (Wildman–Crippen LogP) is 21.6. The van der Waals surface area contributed by atoms with Gasteiger partial charge in [-0.1, -0.05) is 172 Å². The molecule has 18 heteroatoms. The SMILES string of the molecule is C=CC(=O)Oc1ccc(NC(=O)C(CC(C)C)N2C(=O)c3cc(Oc4ccc(C(C)(C)C)cc4)c4c5c(Oc6ccc(C(C)(C)C)cc6)cc6c7c(cc(Oc8ccc(C(C)(C)C)cc8)c(c8c(Oc9ccc(C(C)(C)C)cc9)cc(c3c48)C2=O)c75)C(=O)N(C(CC(C)C)C(=O)Nc2ccc(OC(=O)C=C)cc2)C6=O)cc1. The van der Waals surface area contributed by atoms with Gasteiger partial charge in [0.25, 0.3) is 23.6 Å². The smallest absolute Gasteiger partial charge is 0.335 e. The Hall–Kier alpha value is -12.4. The maximum Gasteiger partial charge on any atom is 0.335 e. The van der Waals surface area contributed by atoms with Crippen LogP contribution in [0.4, 0.5) is 11.4 Å². The number of hydrogen-bond donors (Lipinski definition) is 2. The van der Waals surface area contributed by atoms with Crippen LogP contribution in [-0.2, 0) is 40.8 Å². The van der Waals surface area contributed by atoms with E-state index in [-0.39, 0.29) is 158 Å². The van der Waals surface area contributed by atoms with E-state index in [9.17, 15) is 9.59 Å². The Morgan fingerprint density at radius 2 is 0.562 bits per heavy atom. The van der Waals surface area contributed by atoms with Gasteiger partial charge in [0.15, 0.2) is 0 Å². The van der Waals surface area contributed by atoms with Crippen molar-refractivity contribution < 1.29 is 66.8 Å². The molecule has 2 aliphatic rings. The lowest BCUT2D eigenvalue weighted by atomic mass is 9.80. The molecule has 2 aliphatic heterocycles. The van der Waals surface area contributed by atoms with Crippen molar-refractivity contribution in [1.82, 2.24) is 9.80 Å². The number of nitrogens with one attached hydrogen (secondary N) is 2. The molecular weight excluding hydrogens is 1410 g/mol. The fourth-order valence-electron chi connectivity index (χ4n) is 14.6. The third kappa shape index (κ3) is 15.3. The van der Waals surface area contributed by atoms with Gasteiger partial charge in [-0.15, -0.1) is 0 Å². The summed E-state index contributed by atoms with van der Waals surface area (Å²) >= 11 is 0. The van der Waals surface area contributed by atoms with Gasteiger partial charge in [-0.25, -0.2) is 9.59 Å². The van der Waals surface area contributed by atoms with Crippen molar-refractivity contribution in [3.8, 4) is 57.5 Å². The number of nitrogens with zero attached hydrogens (tertiary/aromatic N) is 2. The molecule has 2 N–H and O–H groups in total. The first-order chi connectivity index (χ1) is 52.9. The number of carbonyl (C=O) groups excluding carboxylic acids is 8. The van der Waals surface area contributed by atoms with E-state index in [4.69, 9.17) is 28.4 Å². The lowest BCUT2D eigenvalue weighted by Gasteiger charge is -2.36. The summed E-state index contributed by atoms with van der Waals surface area (Å²) in [7, 11) is 0. The maximum atomic E-state index is 16.6. The van der Waals surface area contributed by atoms with Crippen LogP contribution in [0.3, 0.4) is 0 Å². The van der Waals surface area contributed by atoms with Gasteiger partial charge < -0.3 is 39.1 Å². The average molecular weight is 1500 g/mol. The highest BCUT2D eigenvalue weighted by Crippen LogP contribution is 2.59. The van der Waals surface area contributed by atoms with Crippen molar-refractivity contribution in [3.63, 3.8) is 0 Å². The Kier molecular flexibility index (Phi) is 20.6. The van der Waals surface area contributed by atoms with Crippen LogP contribution in [-0.4, -0.2) is 69.3 Å². The number of rotatable bonds is 22. The lowest BCUT2D eigenvalue weighted by molar-refractivity contribution is -0.129. The highest BCUT2D eigenvalue weighted by Gasteiger charge is 2.47. The highest BCUT2D eigenvalue weighted by molar-refractivity contribution is 6.45. The Morgan fingerprint density at radius 3 is 0.768 bits per heavy atom. The van der Waals surface area contributed by atoms with Crippen LogP contribution in [0.2, 0.25) is 0 Å². The van der Waals surface area contributed by atoms with Crippen LogP contribution in [0.25, 0.3) is 43.1 Å². The molecule has 13 rings (SSSR count). The molecule has 0 radical (unpaired) electrons. The van der Waals surface area contributed by atoms with Gasteiger partial charge in [-0.3, -0.25) is 38.6 Å². The molecule has 0 spiro atoms. The zero-order valence-corrected chi connectivity index (χ0v) is 66.1. The molecule has 18 nitrogen and oxygen atoms in total. The summed E-state index contributed by atoms with van der Waals surface area (Å²) in [5, 5.41) is 7.75. The summed E-state index contributed by atoms with van der Waals surface area (Å²) in [5.74, 6) is -4.63. The average Bonchev–Trinajstić information content (AvgIpc) is 0.670. The Balaban J connectivity index is 1.16. The van der Waals surface area contributed by atoms with Crippen molar-refractivity contribution in [3.05, 3.63) is 240 Å². The van der Waals surface area contributed by atoms with Crippen LogP contribution in [0, 0.1) is 11.8 Å². The van der Waals surface area contributed by atoms with Gasteiger partial charge in [0, 0.05) is 66.6 Å². The summed E-state index contributed by atoms with van der Waals surface area (Å²) in [6, 6.07) is 45.8. The van der Waals surface area contributed by atoms with E-state index in [1.807, 2.05) is 125 Å². The van der Waals surface area contributed by atoms with Gasteiger partial charge in [-0.2, -0.15) is 0 Å². The fraction of sp³-hybridized carbons (Fsp3) is 0.277. The summed E-state index contributed by atoms with van der Waals surface area (Å²) in [4.78, 5) is 123. The molecule has 11 aromatic carbocycles. The van der Waals surface area contributed by atoms with E-state index in [1.54, 1.807) is 24.3 Å². The zero-order valence-electron chi connectivity index (χ0n) is 66.1. The topological polar surface area (TPSA) is 222 Å². The Morgan fingerprint density at radius 1 is 0.339 bits per heavy atom. The van der Waals surface area contributed by atoms with E-state index in [0.29, 0.717) is 23.0 Å². The first kappa shape index (κ1) is 77.7. The standard InChI is InChI=1S/C94H92N4O14/c1-19-75(99)111-63-41-29-57(30-42-63)95-85(101)69(45-51(3)4)97-87(103)65-47-71(107-59-33-21-53(22-34-59)91(7,8)9)79-81-73(109-61-37-25-55(26-38-61)93(13,14)15)49-67-78-68(90(106)98(89(67)105)70(46-52(5)6)86(102)96-58-31-43-64(44-32-58)112-76(100)20-2)50-74(110-62-39-27-56(28-40-62)94(16,17)18)82(84(78)81)80-72(48-66(88(97)104)77(65)83(79)80)108-60-35-23-54(24-36-60)92(10,11)12/h19-44,47-52,69-70H,1-2,45-46H2,3-18H3,(H,95,101)(H,96,102). The molecule has 572 valence electrons. The van der Waals surface area contributed by atoms with E-state index in [2.05, 4.69) is 107 Å². The number of anilines is 2. The van der Waals surface area contributed by atoms with Crippen molar-refractivity contribution in [1.29, 1.82) is 0 Å². The number of amides is 6. The number of ether oxygens (including phenoxy) is 6. The molecule has 2 atom stereocenters. The summed E-state index contributed by atoms with van der Waals surface area (Å²) in [6.07, 6.45) is 2.08. The van der Waals surface area contributed by atoms with E-state index < -0.39 is 59.5 Å². The zero-order chi connectivity index (χ0) is 80.5. The molecule has 2 heterocycles. The lowest BCUT2D eigenvalue weighted by Crippen LogP contribution is -2.52. The predicted molar refractivity (Wildman–Crippen MR) is 438 cm³/mol. The number of imide groups is 2. The molecule has 0 fully saturated rings. The molecule has 6 amide bonds. The largest absolute Gasteiger partial charge is 0.457 e. The van der Waals surface area contributed by atoms with E-state index >= 15 is 28.8 Å². The minimum atomic E-state index is -1.44. The molecule has 0 aliphatic carbocycles. The summed E-state index contributed by atoms with van der Waals surface area (Å²) in [6.45, 7) is 39.6. The number of carbonyl (C=O) groups is 8. The second kappa shape index (κ2) is 29.8. The van der Waals surface area contributed by atoms with Gasteiger partial charge >= 0.3 is 11.9 Å². The van der Waals surface area contributed by atoms with Gasteiger partial charge in [-0.05, 0) is 190 Å². The summed E-state index contributed by atoms with van der Waals surface area (Å²) in [5.41, 5.74) is 3.28. The van der Waals surface area contributed by atoms with E-state index in [0.717, 1.165) is 44.2 Å². The van der Waals surface area contributed by atoms with Crippen molar-refractivity contribution >= 4 is 102 Å². The molecule has 0 saturated carbocycles. The molecule has 0 saturated heterocycles. The quantitative estimate of drug-likeness (QED) is 0.0161. The second-order valence-corrected chi connectivity index (χ2v) is 33.7. The molecule has 2 unspecified atom stereocenters. The van der Waals surface area contributed by atoms with Crippen LogP contribution >= 0.6 is 0 Å². The first-order valence-electron chi connectivity index (χ1n) is 37.6. The van der Waals surface area contributed by atoms with Gasteiger partial charge in [0.2, 0.25) is 11.8 Å². The van der Waals surface area contributed by atoms with Crippen molar-refractivity contribution in [2.24, 2.45) is 11.8 Å².